The third-order valence-electron chi connectivity index (χ3n) is 3.25. The van der Waals surface area contributed by atoms with E-state index in [2.05, 4.69) is 0 Å². The number of carbonyl (C=O) groups excluding carboxylic acids is 1. The first-order valence-corrected chi connectivity index (χ1v) is 8.73. The highest BCUT2D eigenvalue weighted by Crippen LogP contribution is 2.38. The molecule has 104 valence electrons. The lowest BCUT2D eigenvalue weighted by Crippen LogP contribution is -2.31. The molecule has 1 aromatic carbocycles. The Bertz CT molecular complexity index is 600. The zero-order valence-corrected chi connectivity index (χ0v) is 13.2. The number of hydrogen-bond donors (Lipinski definition) is 0. The summed E-state index contributed by atoms with van der Waals surface area (Å²) < 4.78 is 0. The van der Waals surface area contributed by atoms with Gasteiger partial charge in [0.05, 0.1) is 6.42 Å². The average Bonchev–Trinajstić information content (AvgIpc) is 3.09. The molecule has 0 bridgehead atoms. The Morgan fingerprint density at radius 1 is 1.35 bits per heavy atom. The fraction of sp³-hybridized carbons (Fsp3) is 0.267. The molecule has 1 amide bonds. The van der Waals surface area contributed by atoms with Crippen molar-refractivity contribution in [1.29, 1.82) is 0 Å². The van der Waals surface area contributed by atoms with Gasteiger partial charge in [0, 0.05) is 22.2 Å². The molecule has 20 heavy (non-hydrogen) atoms. The van der Waals surface area contributed by atoms with Crippen molar-refractivity contribution in [3.05, 3.63) is 57.2 Å². The van der Waals surface area contributed by atoms with Gasteiger partial charge >= 0.3 is 0 Å². The summed E-state index contributed by atoms with van der Waals surface area (Å²) in [5.74, 6) is 1.18. The topological polar surface area (TPSA) is 20.3 Å². The van der Waals surface area contributed by atoms with Crippen LogP contribution in [0.2, 0.25) is 5.02 Å². The van der Waals surface area contributed by atoms with Crippen LogP contribution in [0.1, 0.15) is 15.8 Å². The second kappa shape index (κ2) is 6.20. The molecule has 1 saturated heterocycles. The zero-order chi connectivity index (χ0) is 13.9. The van der Waals surface area contributed by atoms with E-state index in [1.54, 1.807) is 23.1 Å². The minimum absolute atomic E-state index is 0.0983. The standard InChI is InChI=1S/C15H14ClNOS2/c16-12-4-1-3-11(9-12)15-17(6-8-20-15)14(18)10-13-5-2-7-19-13/h1-5,7,9,15H,6,8,10H2/t15-/m0/s1. The molecule has 0 saturated carbocycles. The van der Waals surface area contributed by atoms with E-state index in [9.17, 15) is 4.79 Å². The molecule has 0 unspecified atom stereocenters. The molecule has 1 atom stereocenters. The van der Waals surface area contributed by atoms with Gasteiger partial charge in [-0.2, -0.15) is 0 Å². The van der Waals surface area contributed by atoms with E-state index in [1.807, 2.05) is 46.7 Å². The summed E-state index contributed by atoms with van der Waals surface area (Å²) in [4.78, 5) is 15.6. The summed E-state index contributed by atoms with van der Waals surface area (Å²) in [6.45, 7) is 0.812. The van der Waals surface area contributed by atoms with Gasteiger partial charge in [-0.15, -0.1) is 23.1 Å². The minimum atomic E-state index is 0.0983. The highest BCUT2D eigenvalue weighted by Gasteiger charge is 2.30. The van der Waals surface area contributed by atoms with Gasteiger partial charge in [-0.3, -0.25) is 4.79 Å². The number of hydrogen-bond acceptors (Lipinski definition) is 3. The Hall–Kier alpha value is -0.970. The van der Waals surface area contributed by atoms with Crippen molar-refractivity contribution in [1.82, 2.24) is 4.90 Å². The number of thiophene rings is 1. The van der Waals surface area contributed by atoms with Crippen LogP contribution in [0, 0.1) is 0 Å². The SMILES string of the molecule is O=C(Cc1cccs1)N1CCS[C@H]1c1cccc(Cl)c1. The maximum Gasteiger partial charge on any atom is 0.229 e. The smallest absolute Gasteiger partial charge is 0.229 e. The van der Waals surface area contributed by atoms with Gasteiger partial charge in [0.1, 0.15) is 5.37 Å². The molecule has 5 heteroatoms. The predicted molar refractivity (Wildman–Crippen MR) is 86.4 cm³/mol. The van der Waals surface area contributed by atoms with Crippen LogP contribution in [0.5, 0.6) is 0 Å². The first-order chi connectivity index (χ1) is 9.74. The maximum atomic E-state index is 12.5. The van der Waals surface area contributed by atoms with Crippen LogP contribution in [-0.2, 0) is 11.2 Å². The Balaban J connectivity index is 1.77. The number of nitrogens with zero attached hydrogens (tertiary/aromatic N) is 1. The van der Waals surface area contributed by atoms with Crippen molar-refractivity contribution < 1.29 is 4.79 Å². The first-order valence-electron chi connectivity index (χ1n) is 6.43. The van der Waals surface area contributed by atoms with Crippen molar-refractivity contribution >= 4 is 40.6 Å². The van der Waals surface area contributed by atoms with E-state index in [0.717, 1.165) is 27.8 Å². The Kier molecular flexibility index (Phi) is 4.34. The molecule has 1 aromatic heterocycles. The van der Waals surface area contributed by atoms with Gasteiger partial charge in [0.15, 0.2) is 0 Å². The van der Waals surface area contributed by atoms with Crippen LogP contribution in [0.25, 0.3) is 0 Å². The van der Waals surface area contributed by atoms with Crippen LogP contribution in [0.3, 0.4) is 0 Å². The highest BCUT2D eigenvalue weighted by molar-refractivity contribution is 7.99. The third-order valence-corrected chi connectivity index (χ3v) is 5.62. The van der Waals surface area contributed by atoms with Crippen LogP contribution in [0.4, 0.5) is 0 Å². The molecule has 3 rings (SSSR count). The largest absolute Gasteiger partial charge is 0.325 e. The molecule has 0 aliphatic carbocycles. The monoisotopic (exact) mass is 323 g/mol. The number of halogens is 1. The second-order valence-corrected chi connectivity index (χ2v) is 7.28. The van der Waals surface area contributed by atoms with Gasteiger partial charge in [-0.1, -0.05) is 29.8 Å². The summed E-state index contributed by atoms with van der Waals surface area (Å²) in [5, 5.41) is 2.83. The highest BCUT2D eigenvalue weighted by atomic mass is 35.5. The Morgan fingerprint density at radius 3 is 3.00 bits per heavy atom. The number of carbonyl (C=O) groups is 1. The zero-order valence-electron chi connectivity index (χ0n) is 10.8. The molecule has 1 aliphatic rings. The molecular weight excluding hydrogens is 310 g/mol. The Labute approximate surface area is 131 Å². The normalized spacial score (nSPS) is 18.4. The summed E-state index contributed by atoms with van der Waals surface area (Å²) in [7, 11) is 0. The van der Waals surface area contributed by atoms with Gasteiger partial charge < -0.3 is 4.90 Å². The van der Waals surface area contributed by atoms with E-state index >= 15 is 0 Å². The quantitative estimate of drug-likeness (QED) is 0.843. The maximum absolute atomic E-state index is 12.5. The van der Waals surface area contributed by atoms with Crippen LogP contribution in [-0.4, -0.2) is 23.1 Å². The van der Waals surface area contributed by atoms with Gasteiger partial charge in [-0.05, 0) is 29.1 Å². The summed E-state index contributed by atoms with van der Waals surface area (Å²) in [6, 6.07) is 11.8. The van der Waals surface area contributed by atoms with Gasteiger partial charge in [-0.25, -0.2) is 0 Å². The lowest BCUT2D eigenvalue weighted by molar-refractivity contribution is -0.130. The van der Waals surface area contributed by atoms with Crippen molar-refractivity contribution in [2.75, 3.05) is 12.3 Å². The van der Waals surface area contributed by atoms with E-state index < -0.39 is 0 Å². The molecule has 2 heterocycles. The third kappa shape index (κ3) is 3.03. The van der Waals surface area contributed by atoms with E-state index in [-0.39, 0.29) is 11.3 Å². The lowest BCUT2D eigenvalue weighted by atomic mass is 10.2. The van der Waals surface area contributed by atoms with Crippen molar-refractivity contribution in [3.8, 4) is 0 Å². The fourth-order valence-corrected chi connectivity index (χ4v) is 4.49. The molecule has 1 aliphatic heterocycles. The number of benzene rings is 1. The molecule has 0 radical (unpaired) electrons. The first kappa shape index (κ1) is 14.0. The van der Waals surface area contributed by atoms with Crippen molar-refractivity contribution in [2.24, 2.45) is 0 Å². The molecular formula is C15H14ClNOS2. The average molecular weight is 324 g/mol. The molecule has 0 N–H and O–H groups in total. The Morgan fingerprint density at radius 2 is 2.25 bits per heavy atom. The van der Waals surface area contributed by atoms with Gasteiger partial charge in [0.25, 0.3) is 0 Å². The number of amides is 1. The van der Waals surface area contributed by atoms with Gasteiger partial charge in [0.2, 0.25) is 5.91 Å². The van der Waals surface area contributed by atoms with E-state index in [1.165, 1.54) is 0 Å². The summed E-state index contributed by atoms with van der Waals surface area (Å²) in [5.41, 5.74) is 1.11. The number of thioether (sulfide) groups is 1. The number of rotatable bonds is 3. The van der Waals surface area contributed by atoms with E-state index in [0.29, 0.717) is 6.42 Å². The van der Waals surface area contributed by atoms with Crippen molar-refractivity contribution in [2.45, 2.75) is 11.8 Å². The summed E-state index contributed by atoms with van der Waals surface area (Å²) in [6.07, 6.45) is 0.495. The minimum Gasteiger partial charge on any atom is -0.325 e. The van der Waals surface area contributed by atoms with Crippen molar-refractivity contribution in [3.63, 3.8) is 0 Å². The fourth-order valence-electron chi connectivity index (χ4n) is 2.33. The molecule has 2 nitrogen and oxygen atoms in total. The predicted octanol–water partition coefficient (Wildman–Crippen LogP) is 4.22. The molecule has 2 aromatic rings. The lowest BCUT2D eigenvalue weighted by Gasteiger charge is -2.24. The molecule has 1 fully saturated rings. The van der Waals surface area contributed by atoms with Crippen LogP contribution < -0.4 is 0 Å². The molecule has 0 spiro atoms. The summed E-state index contributed by atoms with van der Waals surface area (Å²) >= 11 is 9.49. The van der Waals surface area contributed by atoms with Crippen LogP contribution >= 0.6 is 34.7 Å². The second-order valence-electron chi connectivity index (χ2n) is 4.62. The van der Waals surface area contributed by atoms with Crippen LogP contribution in [0.15, 0.2) is 41.8 Å². The van der Waals surface area contributed by atoms with E-state index in [4.69, 9.17) is 11.6 Å².